The molecule has 1 aliphatic heterocycles. The van der Waals surface area contributed by atoms with E-state index in [1.165, 1.54) is 0 Å². The van der Waals surface area contributed by atoms with E-state index in [0.29, 0.717) is 13.0 Å². The molecular weight excluding hydrogens is 320 g/mol. The lowest BCUT2D eigenvalue weighted by Gasteiger charge is -2.37. The summed E-state index contributed by atoms with van der Waals surface area (Å²) in [7, 11) is 0. The minimum Gasteiger partial charge on any atom is -0.441 e. The van der Waals surface area contributed by atoms with Crippen LogP contribution in [0.5, 0.6) is 0 Å². The largest absolute Gasteiger partial charge is 0.441 e. The number of primary amides is 1. The number of likely N-dealkylation sites (tertiary alicyclic amines) is 1. The Morgan fingerprint density at radius 3 is 2.60 bits per heavy atom. The first-order valence-electron chi connectivity index (χ1n) is 9.06. The molecule has 6 nitrogen and oxygen atoms in total. The Bertz CT molecular complexity index is 576. The van der Waals surface area contributed by atoms with Gasteiger partial charge in [-0.15, -0.1) is 0 Å². The van der Waals surface area contributed by atoms with Crippen LogP contribution in [0, 0.1) is 11.3 Å². The van der Waals surface area contributed by atoms with Gasteiger partial charge in [0.25, 0.3) is 0 Å². The maximum absolute atomic E-state index is 11.3. The van der Waals surface area contributed by atoms with Gasteiger partial charge < -0.3 is 25.6 Å². The minimum atomic E-state index is -0.837. The van der Waals surface area contributed by atoms with Crippen LogP contribution >= 0.6 is 0 Å². The van der Waals surface area contributed by atoms with E-state index in [4.69, 9.17) is 10.5 Å². The van der Waals surface area contributed by atoms with E-state index < -0.39 is 12.2 Å². The third-order valence-corrected chi connectivity index (χ3v) is 5.81. The van der Waals surface area contributed by atoms with Crippen molar-refractivity contribution in [2.45, 2.75) is 37.9 Å². The predicted molar refractivity (Wildman–Crippen MR) is 93.8 cm³/mol. The smallest absolute Gasteiger partial charge is 0.405 e. The molecular formula is C19H28N2O4. The fourth-order valence-electron chi connectivity index (χ4n) is 3.91. The highest BCUT2D eigenvalue weighted by Gasteiger charge is 2.51. The monoisotopic (exact) mass is 348 g/mol. The molecule has 2 aliphatic rings. The summed E-state index contributed by atoms with van der Waals surface area (Å²) in [5.41, 5.74) is 6.25. The van der Waals surface area contributed by atoms with Gasteiger partial charge in [-0.2, -0.15) is 0 Å². The quantitative estimate of drug-likeness (QED) is 0.696. The first kappa shape index (κ1) is 18.2. The highest BCUT2D eigenvalue weighted by Crippen LogP contribution is 2.53. The topological polar surface area (TPSA) is 96.0 Å². The van der Waals surface area contributed by atoms with Gasteiger partial charge in [-0.1, -0.05) is 30.3 Å². The van der Waals surface area contributed by atoms with Gasteiger partial charge in [0, 0.05) is 19.1 Å². The van der Waals surface area contributed by atoms with Crippen LogP contribution in [0.2, 0.25) is 0 Å². The van der Waals surface area contributed by atoms with E-state index in [1.54, 1.807) is 0 Å². The molecule has 0 aromatic heterocycles. The molecule has 1 unspecified atom stereocenters. The predicted octanol–water partition coefficient (Wildman–Crippen LogP) is 1.67. The fourth-order valence-corrected chi connectivity index (χ4v) is 3.91. The Labute approximate surface area is 148 Å². The van der Waals surface area contributed by atoms with Crippen molar-refractivity contribution in [1.29, 1.82) is 0 Å². The molecule has 0 radical (unpaired) electrons. The highest BCUT2D eigenvalue weighted by molar-refractivity contribution is 5.65. The molecule has 1 heterocycles. The van der Waals surface area contributed by atoms with Crippen molar-refractivity contribution in [3.8, 4) is 0 Å². The van der Waals surface area contributed by atoms with E-state index >= 15 is 0 Å². The Balaban J connectivity index is 1.60. The third kappa shape index (κ3) is 4.32. The maximum atomic E-state index is 11.3. The van der Waals surface area contributed by atoms with E-state index in [-0.39, 0.29) is 24.0 Å². The summed E-state index contributed by atoms with van der Waals surface area (Å²) in [5, 5.41) is 20.2. The van der Waals surface area contributed by atoms with Crippen LogP contribution in [-0.4, -0.2) is 53.6 Å². The lowest BCUT2D eigenvalue weighted by molar-refractivity contribution is -0.00252. The van der Waals surface area contributed by atoms with Gasteiger partial charge in [0.05, 0.1) is 6.10 Å². The number of amides is 1. The van der Waals surface area contributed by atoms with E-state index in [2.05, 4.69) is 4.90 Å². The Hall–Kier alpha value is -1.63. The summed E-state index contributed by atoms with van der Waals surface area (Å²) >= 11 is 0. The molecule has 1 aliphatic carbocycles. The number of nitrogens with two attached hydrogens (primary N) is 1. The number of aliphatic hydroxyl groups excluding tert-OH is 2. The normalized spacial score (nSPS) is 24.6. The van der Waals surface area contributed by atoms with Crippen molar-refractivity contribution in [2.75, 3.05) is 26.2 Å². The number of rotatable bonds is 7. The lowest BCUT2D eigenvalue weighted by Crippen LogP contribution is -2.45. The summed E-state index contributed by atoms with van der Waals surface area (Å²) in [5.74, 6) is -0.233. The first-order valence-corrected chi connectivity index (χ1v) is 9.06. The van der Waals surface area contributed by atoms with Gasteiger partial charge in [-0.25, -0.2) is 4.79 Å². The molecule has 1 spiro atoms. The Morgan fingerprint density at radius 2 is 2.04 bits per heavy atom. The van der Waals surface area contributed by atoms with Crippen LogP contribution in [0.3, 0.4) is 0 Å². The molecule has 3 rings (SSSR count). The number of carbonyl (C=O) groups is 1. The van der Waals surface area contributed by atoms with Crippen molar-refractivity contribution in [1.82, 2.24) is 4.90 Å². The Morgan fingerprint density at radius 1 is 1.32 bits per heavy atom. The average molecular weight is 348 g/mol. The summed E-state index contributed by atoms with van der Waals surface area (Å²) < 4.78 is 5.30. The van der Waals surface area contributed by atoms with Gasteiger partial charge in [0.15, 0.2) is 0 Å². The second-order valence-electron chi connectivity index (χ2n) is 7.43. The van der Waals surface area contributed by atoms with Crippen LogP contribution in [-0.2, 0) is 4.74 Å². The van der Waals surface area contributed by atoms with Crippen molar-refractivity contribution < 1.29 is 19.7 Å². The van der Waals surface area contributed by atoms with E-state index in [9.17, 15) is 15.0 Å². The van der Waals surface area contributed by atoms with Crippen molar-refractivity contribution in [3.63, 3.8) is 0 Å². The molecule has 2 fully saturated rings. The SMILES string of the molecule is NC(=O)OC(c1ccccc1)[C@H](CO)CCN1CCC2(CC2)[C@H](O)C1. The molecule has 6 heteroatoms. The molecule has 1 saturated carbocycles. The van der Waals surface area contributed by atoms with E-state index in [1.807, 2.05) is 30.3 Å². The van der Waals surface area contributed by atoms with Crippen LogP contribution < -0.4 is 5.73 Å². The second kappa shape index (κ2) is 7.72. The highest BCUT2D eigenvalue weighted by atomic mass is 16.6. The number of hydrogen-bond donors (Lipinski definition) is 3. The summed E-state index contributed by atoms with van der Waals surface area (Å²) in [6.07, 6.45) is 2.35. The van der Waals surface area contributed by atoms with E-state index in [0.717, 1.165) is 37.9 Å². The molecule has 1 saturated heterocycles. The zero-order chi connectivity index (χ0) is 17.9. The molecule has 138 valence electrons. The number of hydrogen-bond acceptors (Lipinski definition) is 5. The summed E-state index contributed by atoms with van der Waals surface area (Å²) in [6, 6.07) is 9.38. The molecule has 0 bridgehead atoms. The lowest BCUT2D eigenvalue weighted by atomic mass is 9.89. The first-order chi connectivity index (χ1) is 12.0. The number of aliphatic hydroxyl groups is 2. The number of nitrogens with zero attached hydrogens (tertiary/aromatic N) is 1. The number of carbonyl (C=O) groups excluding carboxylic acids is 1. The molecule has 1 amide bonds. The zero-order valence-corrected chi connectivity index (χ0v) is 14.5. The molecule has 1 aromatic carbocycles. The molecule has 4 N–H and O–H groups in total. The van der Waals surface area contributed by atoms with Crippen molar-refractivity contribution in [3.05, 3.63) is 35.9 Å². The van der Waals surface area contributed by atoms with Crippen LogP contribution in [0.25, 0.3) is 0 Å². The van der Waals surface area contributed by atoms with Gasteiger partial charge in [-0.05, 0) is 49.8 Å². The van der Waals surface area contributed by atoms with Crippen LogP contribution in [0.1, 0.15) is 37.4 Å². The van der Waals surface area contributed by atoms with Gasteiger partial charge in [0.2, 0.25) is 0 Å². The molecule has 25 heavy (non-hydrogen) atoms. The number of piperidine rings is 1. The Kier molecular flexibility index (Phi) is 5.61. The second-order valence-corrected chi connectivity index (χ2v) is 7.43. The molecule has 3 atom stereocenters. The number of benzene rings is 1. The number of ether oxygens (including phenoxy) is 1. The standard InChI is InChI=1S/C19H28N2O4/c20-18(24)25-17(14-4-2-1-3-5-14)15(13-22)6-10-21-11-9-19(7-8-19)16(23)12-21/h1-5,15-17,22-23H,6-13H2,(H2,20,24)/t15-,16+,17?/m0/s1. The summed E-state index contributed by atoms with van der Waals surface area (Å²) in [4.78, 5) is 13.5. The minimum absolute atomic E-state index is 0.0901. The zero-order valence-electron chi connectivity index (χ0n) is 14.5. The van der Waals surface area contributed by atoms with Crippen LogP contribution in [0.4, 0.5) is 4.79 Å². The van der Waals surface area contributed by atoms with Crippen molar-refractivity contribution in [2.24, 2.45) is 17.1 Å². The van der Waals surface area contributed by atoms with Crippen LogP contribution in [0.15, 0.2) is 30.3 Å². The van der Waals surface area contributed by atoms with Gasteiger partial charge >= 0.3 is 6.09 Å². The maximum Gasteiger partial charge on any atom is 0.405 e. The van der Waals surface area contributed by atoms with Gasteiger partial charge in [0.1, 0.15) is 6.10 Å². The molecule has 1 aromatic rings. The van der Waals surface area contributed by atoms with Gasteiger partial charge in [-0.3, -0.25) is 0 Å². The fraction of sp³-hybridized carbons (Fsp3) is 0.632. The summed E-state index contributed by atoms with van der Waals surface area (Å²) in [6.45, 7) is 2.32. The average Bonchev–Trinajstić information content (AvgIpc) is 3.39. The third-order valence-electron chi connectivity index (χ3n) is 5.81. The van der Waals surface area contributed by atoms with Crippen molar-refractivity contribution >= 4 is 6.09 Å². The number of β-amino-alcohol motifs (C(OH)–C–C–N with tert-alkyl or cyclic N) is 1.